The summed E-state index contributed by atoms with van der Waals surface area (Å²) < 4.78 is 0. The standard InChI is InChI=1S/C22H23N3O2/c23-15-16-7-5-12-20(13-16)25-22(27)18-9-6-8-17(14-18)21(26)24-19-10-3-1-2-4-11-19/h5-9,12-14,19H,1-4,10-11H2,(H,24,26)(H,25,27). The second kappa shape index (κ2) is 9.00. The van der Waals surface area contributed by atoms with E-state index in [4.69, 9.17) is 5.26 Å². The summed E-state index contributed by atoms with van der Waals surface area (Å²) in [6.45, 7) is 0. The van der Waals surface area contributed by atoms with Gasteiger partial charge in [-0.1, -0.05) is 37.8 Å². The topological polar surface area (TPSA) is 82.0 Å². The van der Waals surface area contributed by atoms with Gasteiger partial charge in [0.2, 0.25) is 0 Å². The van der Waals surface area contributed by atoms with E-state index in [-0.39, 0.29) is 17.9 Å². The molecule has 0 spiro atoms. The van der Waals surface area contributed by atoms with Gasteiger partial charge in [0.15, 0.2) is 0 Å². The Morgan fingerprint density at radius 1 is 0.889 bits per heavy atom. The van der Waals surface area contributed by atoms with E-state index in [1.807, 2.05) is 6.07 Å². The monoisotopic (exact) mass is 361 g/mol. The summed E-state index contributed by atoms with van der Waals surface area (Å²) >= 11 is 0. The minimum Gasteiger partial charge on any atom is -0.349 e. The number of carbonyl (C=O) groups excluding carboxylic acids is 2. The van der Waals surface area contributed by atoms with E-state index in [9.17, 15) is 9.59 Å². The number of nitrogens with one attached hydrogen (secondary N) is 2. The summed E-state index contributed by atoms with van der Waals surface area (Å²) in [5.74, 6) is -0.447. The van der Waals surface area contributed by atoms with Crippen LogP contribution in [-0.2, 0) is 0 Å². The lowest BCUT2D eigenvalue weighted by Gasteiger charge is -2.16. The van der Waals surface area contributed by atoms with Crippen LogP contribution in [0, 0.1) is 11.3 Å². The SMILES string of the molecule is N#Cc1cccc(NC(=O)c2cccc(C(=O)NC3CCCCCC3)c2)c1. The average Bonchev–Trinajstić information content (AvgIpc) is 2.97. The largest absolute Gasteiger partial charge is 0.349 e. The summed E-state index contributed by atoms with van der Waals surface area (Å²) in [6, 6.07) is 15.7. The zero-order chi connectivity index (χ0) is 19.1. The molecule has 1 aliphatic rings. The second-order valence-corrected chi connectivity index (χ2v) is 6.89. The predicted molar refractivity (Wildman–Crippen MR) is 105 cm³/mol. The number of nitrogens with zero attached hydrogens (tertiary/aromatic N) is 1. The molecular weight excluding hydrogens is 338 g/mol. The minimum absolute atomic E-state index is 0.136. The molecule has 0 aliphatic heterocycles. The number of benzene rings is 2. The molecule has 0 atom stereocenters. The first kappa shape index (κ1) is 18.7. The summed E-state index contributed by atoms with van der Waals surface area (Å²) in [7, 11) is 0. The highest BCUT2D eigenvalue weighted by molar-refractivity contribution is 6.06. The Labute approximate surface area is 159 Å². The maximum absolute atomic E-state index is 12.6. The van der Waals surface area contributed by atoms with E-state index in [1.54, 1.807) is 48.5 Å². The molecule has 1 fully saturated rings. The Kier molecular flexibility index (Phi) is 6.22. The molecule has 27 heavy (non-hydrogen) atoms. The first-order valence-corrected chi connectivity index (χ1v) is 9.38. The molecule has 1 aliphatic carbocycles. The van der Waals surface area contributed by atoms with Crippen LogP contribution in [0.1, 0.15) is 64.8 Å². The van der Waals surface area contributed by atoms with Crippen LogP contribution >= 0.6 is 0 Å². The number of amides is 2. The van der Waals surface area contributed by atoms with Gasteiger partial charge in [-0.15, -0.1) is 0 Å². The summed E-state index contributed by atoms with van der Waals surface area (Å²) in [5, 5.41) is 14.8. The molecular formula is C22H23N3O2. The quantitative estimate of drug-likeness (QED) is 0.798. The van der Waals surface area contributed by atoms with Gasteiger partial charge >= 0.3 is 0 Å². The van der Waals surface area contributed by atoms with E-state index in [2.05, 4.69) is 10.6 Å². The highest BCUT2D eigenvalue weighted by Gasteiger charge is 2.17. The number of anilines is 1. The fourth-order valence-corrected chi connectivity index (χ4v) is 3.36. The fourth-order valence-electron chi connectivity index (χ4n) is 3.36. The first-order valence-electron chi connectivity index (χ1n) is 9.38. The highest BCUT2D eigenvalue weighted by Crippen LogP contribution is 2.18. The molecule has 2 amide bonds. The molecule has 2 N–H and O–H groups in total. The third kappa shape index (κ3) is 5.18. The first-order chi connectivity index (χ1) is 13.2. The van der Waals surface area contributed by atoms with Crippen molar-refractivity contribution in [3.63, 3.8) is 0 Å². The lowest BCUT2D eigenvalue weighted by atomic mass is 10.1. The number of nitriles is 1. The number of hydrogen-bond donors (Lipinski definition) is 2. The van der Waals surface area contributed by atoms with Crippen LogP contribution in [0.25, 0.3) is 0 Å². The zero-order valence-corrected chi connectivity index (χ0v) is 15.2. The Morgan fingerprint density at radius 2 is 1.56 bits per heavy atom. The van der Waals surface area contributed by atoms with Gasteiger partial charge in [-0.3, -0.25) is 9.59 Å². The zero-order valence-electron chi connectivity index (χ0n) is 15.2. The molecule has 2 aromatic carbocycles. The van der Waals surface area contributed by atoms with Crippen LogP contribution in [0.4, 0.5) is 5.69 Å². The van der Waals surface area contributed by atoms with Gasteiger partial charge in [0.1, 0.15) is 0 Å². The number of carbonyl (C=O) groups is 2. The van der Waals surface area contributed by atoms with E-state index >= 15 is 0 Å². The smallest absolute Gasteiger partial charge is 0.255 e. The lowest BCUT2D eigenvalue weighted by Crippen LogP contribution is -2.34. The molecule has 3 rings (SSSR count). The maximum atomic E-state index is 12.6. The minimum atomic E-state index is -0.311. The van der Waals surface area contributed by atoms with Crippen molar-refractivity contribution in [2.75, 3.05) is 5.32 Å². The van der Waals surface area contributed by atoms with E-state index in [0.717, 1.165) is 25.7 Å². The van der Waals surface area contributed by atoms with Crippen molar-refractivity contribution in [3.8, 4) is 6.07 Å². The molecule has 0 unspecified atom stereocenters. The molecule has 138 valence electrons. The maximum Gasteiger partial charge on any atom is 0.255 e. The van der Waals surface area contributed by atoms with Crippen molar-refractivity contribution < 1.29 is 9.59 Å². The third-order valence-corrected chi connectivity index (χ3v) is 4.83. The van der Waals surface area contributed by atoms with Crippen molar-refractivity contribution in [2.24, 2.45) is 0 Å². The van der Waals surface area contributed by atoms with Gasteiger partial charge in [0.25, 0.3) is 11.8 Å². The van der Waals surface area contributed by atoms with Crippen molar-refractivity contribution in [2.45, 2.75) is 44.6 Å². The van der Waals surface area contributed by atoms with Crippen LogP contribution in [0.2, 0.25) is 0 Å². The van der Waals surface area contributed by atoms with Crippen molar-refractivity contribution in [1.82, 2.24) is 5.32 Å². The molecule has 5 nitrogen and oxygen atoms in total. The van der Waals surface area contributed by atoms with E-state index < -0.39 is 0 Å². The molecule has 0 bridgehead atoms. The number of hydrogen-bond acceptors (Lipinski definition) is 3. The van der Waals surface area contributed by atoms with Gasteiger partial charge in [-0.25, -0.2) is 0 Å². The van der Waals surface area contributed by atoms with E-state index in [1.165, 1.54) is 12.8 Å². The molecule has 1 saturated carbocycles. The van der Waals surface area contributed by atoms with Gasteiger partial charge < -0.3 is 10.6 Å². The van der Waals surface area contributed by atoms with Crippen molar-refractivity contribution in [1.29, 1.82) is 5.26 Å². The van der Waals surface area contributed by atoms with Gasteiger partial charge in [-0.2, -0.15) is 5.26 Å². The predicted octanol–water partition coefficient (Wildman–Crippen LogP) is 4.26. The fraction of sp³-hybridized carbons (Fsp3) is 0.318. The van der Waals surface area contributed by atoms with Crippen molar-refractivity contribution in [3.05, 3.63) is 65.2 Å². The van der Waals surface area contributed by atoms with E-state index in [0.29, 0.717) is 22.4 Å². The second-order valence-electron chi connectivity index (χ2n) is 6.89. The van der Waals surface area contributed by atoms with Crippen LogP contribution < -0.4 is 10.6 Å². The lowest BCUT2D eigenvalue weighted by molar-refractivity contribution is 0.0933. The molecule has 5 heteroatoms. The van der Waals surface area contributed by atoms with Crippen LogP contribution in [0.5, 0.6) is 0 Å². The van der Waals surface area contributed by atoms with Crippen molar-refractivity contribution >= 4 is 17.5 Å². The van der Waals surface area contributed by atoms with Crippen LogP contribution in [-0.4, -0.2) is 17.9 Å². The Hall–Kier alpha value is -3.13. The highest BCUT2D eigenvalue weighted by atomic mass is 16.2. The Bertz CT molecular complexity index is 862. The molecule has 0 saturated heterocycles. The average molecular weight is 361 g/mol. The van der Waals surface area contributed by atoms with Gasteiger partial charge in [-0.05, 0) is 49.2 Å². The molecule has 0 heterocycles. The molecule has 0 aromatic heterocycles. The third-order valence-electron chi connectivity index (χ3n) is 4.83. The van der Waals surface area contributed by atoms with Crippen LogP contribution in [0.3, 0.4) is 0 Å². The Morgan fingerprint density at radius 3 is 2.26 bits per heavy atom. The molecule has 0 radical (unpaired) electrons. The summed E-state index contributed by atoms with van der Waals surface area (Å²) in [5.41, 5.74) is 1.92. The van der Waals surface area contributed by atoms with Crippen LogP contribution in [0.15, 0.2) is 48.5 Å². The normalized spacial score (nSPS) is 14.6. The molecule has 2 aromatic rings. The summed E-state index contributed by atoms with van der Waals surface area (Å²) in [6.07, 6.45) is 6.79. The van der Waals surface area contributed by atoms with Gasteiger partial charge in [0.05, 0.1) is 11.6 Å². The summed E-state index contributed by atoms with van der Waals surface area (Å²) in [4.78, 5) is 25.1. The van der Waals surface area contributed by atoms with Gasteiger partial charge in [0, 0.05) is 22.9 Å². The number of rotatable bonds is 4. The Balaban J connectivity index is 1.67.